The van der Waals surface area contributed by atoms with Gasteiger partial charge in [0.05, 0.1) is 11.5 Å². The summed E-state index contributed by atoms with van der Waals surface area (Å²) >= 11 is 0. The molecule has 18 heavy (non-hydrogen) atoms. The van der Waals surface area contributed by atoms with Gasteiger partial charge in [-0.2, -0.15) is 4.98 Å². The monoisotopic (exact) mass is 255 g/mol. The summed E-state index contributed by atoms with van der Waals surface area (Å²) in [7, 11) is 1.68. The second-order valence-electron chi connectivity index (χ2n) is 3.62. The lowest BCUT2D eigenvalue weighted by molar-refractivity contribution is -0.386. The molecular weight excluding hydrogens is 238 g/mol. The minimum absolute atomic E-state index is 0.000877. The van der Waals surface area contributed by atoms with Crippen LogP contribution in [0.25, 0.3) is 0 Å². The average Bonchev–Trinajstić information content (AvgIpc) is 2.35. The molecule has 1 heterocycles. The maximum atomic E-state index is 10.9. The fraction of sp³-hybridized carbons (Fsp3) is 0.545. The molecule has 7 heteroatoms. The predicted octanol–water partition coefficient (Wildman–Crippen LogP) is 1.84. The summed E-state index contributed by atoms with van der Waals surface area (Å²) in [5.41, 5.74) is -0.155. The Kier molecular flexibility index (Phi) is 5.31. The van der Waals surface area contributed by atoms with Gasteiger partial charge in [0.1, 0.15) is 11.9 Å². The molecule has 0 bridgehead atoms. The van der Waals surface area contributed by atoms with Crippen LogP contribution < -0.4 is 10.1 Å². The molecule has 1 N–H and O–H groups in total. The molecule has 7 nitrogen and oxygen atoms in total. The van der Waals surface area contributed by atoms with Crippen molar-refractivity contribution >= 4 is 11.5 Å². The minimum Gasteiger partial charge on any atom is -0.467 e. The minimum atomic E-state index is -0.519. The molecule has 0 radical (unpaired) electrons. The summed E-state index contributed by atoms with van der Waals surface area (Å²) in [6.07, 6.45) is -0.303. The molecule has 0 saturated heterocycles. The lowest BCUT2D eigenvalue weighted by Crippen LogP contribution is -2.20. The van der Waals surface area contributed by atoms with Crippen molar-refractivity contribution in [1.82, 2.24) is 4.98 Å². The summed E-state index contributed by atoms with van der Waals surface area (Å²) < 4.78 is 10.6. The van der Waals surface area contributed by atoms with Crippen LogP contribution in [-0.4, -0.2) is 36.3 Å². The summed E-state index contributed by atoms with van der Waals surface area (Å²) in [5, 5.41) is 13.7. The molecule has 0 fully saturated rings. The van der Waals surface area contributed by atoms with Crippen LogP contribution in [0, 0.1) is 10.1 Å². The Hall–Kier alpha value is -1.89. The number of aromatic nitrogens is 1. The van der Waals surface area contributed by atoms with Gasteiger partial charge in [0.25, 0.3) is 5.88 Å². The van der Waals surface area contributed by atoms with E-state index in [-0.39, 0.29) is 17.7 Å². The number of anilines is 1. The Morgan fingerprint density at radius 3 is 2.83 bits per heavy atom. The summed E-state index contributed by atoms with van der Waals surface area (Å²) in [5.74, 6) is 0.512. The van der Waals surface area contributed by atoms with E-state index >= 15 is 0 Å². The third-order valence-corrected chi connectivity index (χ3v) is 2.16. The molecule has 0 aliphatic rings. The highest BCUT2D eigenvalue weighted by atomic mass is 16.6. The molecule has 0 saturated carbocycles. The summed E-state index contributed by atoms with van der Waals surface area (Å²) in [4.78, 5) is 14.4. The molecular formula is C11H17N3O4. The highest BCUT2D eigenvalue weighted by molar-refractivity contribution is 5.48. The Balaban J connectivity index is 2.86. The molecule has 0 amide bonds. The predicted molar refractivity (Wildman–Crippen MR) is 67.0 cm³/mol. The van der Waals surface area contributed by atoms with Crippen LogP contribution in [0.15, 0.2) is 12.1 Å². The van der Waals surface area contributed by atoms with Gasteiger partial charge in [0, 0.05) is 19.7 Å². The van der Waals surface area contributed by atoms with E-state index in [2.05, 4.69) is 10.3 Å². The van der Waals surface area contributed by atoms with Gasteiger partial charge < -0.3 is 14.8 Å². The van der Waals surface area contributed by atoms with Gasteiger partial charge in [0.2, 0.25) is 0 Å². The van der Waals surface area contributed by atoms with Crippen molar-refractivity contribution in [3.63, 3.8) is 0 Å². The zero-order valence-corrected chi connectivity index (χ0v) is 10.7. The third-order valence-electron chi connectivity index (χ3n) is 2.16. The Morgan fingerprint density at radius 1 is 1.56 bits per heavy atom. The van der Waals surface area contributed by atoms with Gasteiger partial charge in [-0.1, -0.05) is 0 Å². The van der Waals surface area contributed by atoms with Gasteiger partial charge in [-0.15, -0.1) is 0 Å². The molecule has 0 aromatic carbocycles. The SMILES string of the molecule is CCOCC(C)Oc1nc(NC)ccc1[N+](=O)[O-]. The van der Waals surface area contributed by atoms with Crippen molar-refractivity contribution in [2.75, 3.05) is 25.6 Å². The highest BCUT2D eigenvalue weighted by Crippen LogP contribution is 2.26. The first kappa shape index (κ1) is 14.2. The number of hydrogen-bond donors (Lipinski definition) is 1. The highest BCUT2D eigenvalue weighted by Gasteiger charge is 2.19. The zero-order valence-electron chi connectivity index (χ0n) is 10.7. The number of ether oxygens (including phenoxy) is 2. The molecule has 1 unspecified atom stereocenters. The van der Waals surface area contributed by atoms with E-state index in [1.54, 1.807) is 14.0 Å². The van der Waals surface area contributed by atoms with Crippen LogP contribution in [0.2, 0.25) is 0 Å². The van der Waals surface area contributed by atoms with Crippen LogP contribution in [0.3, 0.4) is 0 Å². The quantitative estimate of drug-likeness (QED) is 0.591. The molecule has 100 valence electrons. The number of nitro groups is 1. The van der Waals surface area contributed by atoms with Gasteiger partial charge in [-0.25, -0.2) is 0 Å². The second-order valence-corrected chi connectivity index (χ2v) is 3.62. The maximum Gasteiger partial charge on any atom is 0.331 e. The number of pyridine rings is 1. The normalized spacial score (nSPS) is 11.9. The van der Waals surface area contributed by atoms with Gasteiger partial charge in [0.15, 0.2) is 0 Å². The summed E-state index contributed by atoms with van der Waals surface area (Å²) in [6.45, 7) is 4.57. The van der Waals surface area contributed by atoms with Crippen molar-refractivity contribution in [1.29, 1.82) is 0 Å². The number of hydrogen-bond acceptors (Lipinski definition) is 6. The molecule has 0 aliphatic carbocycles. The Bertz CT molecular complexity index is 411. The van der Waals surface area contributed by atoms with Crippen molar-refractivity contribution < 1.29 is 14.4 Å². The molecule has 1 atom stereocenters. The molecule has 0 aliphatic heterocycles. The van der Waals surface area contributed by atoms with Crippen LogP contribution in [0.5, 0.6) is 5.88 Å². The first-order valence-corrected chi connectivity index (χ1v) is 5.66. The van der Waals surface area contributed by atoms with E-state index in [1.807, 2.05) is 6.92 Å². The number of nitrogens with one attached hydrogen (secondary N) is 1. The Labute approximate surface area is 105 Å². The molecule has 1 aromatic heterocycles. The maximum absolute atomic E-state index is 10.9. The topological polar surface area (TPSA) is 86.5 Å². The molecule has 1 rings (SSSR count). The van der Waals surface area contributed by atoms with E-state index in [1.165, 1.54) is 12.1 Å². The van der Waals surface area contributed by atoms with Gasteiger partial charge >= 0.3 is 5.69 Å². The lowest BCUT2D eigenvalue weighted by atomic mass is 10.3. The smallest absolute Gasteiger partial charge is 0.331 e. The van der Waals surface area contributed by atoms with Gasteiger partial charge in [-0.3, -0.25) is 10.1 Å². The zero-order chi connectivity index (χ0) is 13.5. The standard InChI is InChI=1S/C11H17N3O4/c1-4-17-7-8(2)18-11-9(14(15)16)5-6-10(12-3)13-11/h5-6,8H,4,7H2,1-3H3,(H,12,13). The third kappa shape index (κ3) is 3.85. The van der Waals surface area contributed by atoms with Crippen LogP contribution >= 0.6 is 0 Å². The fourth-order valence-corrected chi connectivity index (χ4v) is 1.31. The first-order valence-electron chi connectivity index (χ1n) is 5.66. The van der Waals surface area contributed by atoms with Crippen LogP contribution in [0.4, 0.5) is 11.5 Å². The van der Waals surface area contributed by atoms with Crippen molar-refractivity contribution in [3.05, 3.63) is 22.2 Å². The van der Waals surface area contributed by atoms with Crippen molar-refractivity contribution in [2.45, 2.75) is 20.0 Å². The van der Waals surface area contributed by atoms with Crippen LogP contribution in [0.1, 0.15) is 13.8 Å². The number of nitrogens with zero attached hydrogens (tertiary/aromatic N) is 2. The first-order chi connectivity index (χ1) is 8.58. The van der Waals surface area contributed by atoms with E-state index in [9.17, 15) is 10.1 Å². The van der Waals surface area contributed by atoms with Crippen molar-refractivity contribution in [2.24, 2.45) is 0 Å². The van der Waals surface area contributed by atoms with E-state index in [4.69, 9.17) is 9.47 Å². The Morgan fingerprint density at radius 2 is 2.28 bits per heavy atom. The lowest BCUT2D eigenvalue weighted by Gasteiger charge is -2.14. The largest absolute Gasteiger partial charge is 0.467 e. The molecule has 1 aromatic rings. The van der Waals surface area contributed by atoms with E-state index in [0.29, 0.717) is 19.0 Å². The van der Waals surface area contributed by atoms with Crippen molar-refractivity contribution in [3.8, 4) is 5.88 Å². The fourth-order valence-electron chi connectivity index (χ4n) is 1.31. The average molecular weight is 255 g/mol. The molecule has 0 spiro atoms. The second kappa shape index (κ2) is 6.75. The number of rotatable bonds is 7. The van der Waals surface area contributed by atoms with Gasteiger partial charge in [-0.05, 0) is 19.9 Å². The van der Waals surface area contributed by atoms with E-state index < -0.39 is 4.92 Å². The summed E-state index contributed by atoms with van der Waals surface area (Å²) in [6, 6.07) is 2.89. The van der Waals surface area contributed by atoms with E-state index in [0.717, 1.165) is 0 Å². The van der Waals surface area contributed by atoms with Crippen LogP contribution in [-0.2, 0) is 4.74 Å².